The summed E-state index contributed by atoms with van der Waals surface area (Å²) >= 11 is 0. The Bertz CT molecular complexity index is 302. The van der Waals surface area contributed by atoms with Crippen LogP contribution in [0.3, 0.4) is 0 Å². The van der Waals surface area contributed by atoms with Crippen LogP contribution in [-0.2, 0) is 9.59 Å². The maximum Gasteiger partial charge on any atom is 0.201 e. The van der Waals surface area contributed by atoms with Crippen molar-refractivity contribution >= 4 is 17.3 Å². The predicted molar refractivity (Wildman–Crippen MR) is 38.4 cm³/mol. The van der Waals surface area contributed by atoms with Crippen LogP contribution in [-0.4, -0.2) is 30.4 Å². The molecule has 0 bridgehead atoms. The predicted octanol–water partition coefficient (Wildman–Crippen LogP) is -0.934. The van der Waals surface area contributed by atoms with E-state index < -0.39 is 0 Å². The second kappa shape index (κ2) is 2.02. The van der Waals surface area contributed by atoms with Crippen LogP contribution in [0.2, 0.25) is 0 Å². The number of carbonyl (C=O) groups excluding carboxylic acids is 2. The molecule has 2 aliphatic rings. The highest BCUT2D eigenvalue weighted by atomic mass is 16.1. The number of aliphatic imine (C=N–C) groups is 1. The minimum Gasteiger partial charge on any atom is -0.376 e. The summed E-state index contributed by atoms with van der Waals surface area (Å²) in [4.78, 5) is 25.6. The summed E-state index contributed by atoms with van der Waals surface area (Å²) in [6.45, 7) is 0.393. The fourth-order valence-electron chi connectivity index (χ4n) is 1.15. The Kier molecular flexibility index (Phi) is 1.15. The van der Waals surface area contributed by atoms with Gasteiger partial charge in [-0.25, -0.2) is 0 Å². The van der Waals surface area contributed by atoms with E-state index in [2.05, 4.69) is 10.3 Å². The molecule has 4 heteroatoms. The van der Waals surface area contributed by atoms with Gasteiger partial charge in [0.25, 0.3) is 0 Å². The van der Waals surface area contributed by atoms with Gasteiger partial charge < -0.3 is 5.32 Å². The Hall–Kier alpha value is -1.45. The third-order valence-corrected chi connectivity index (χ3v) is 1.66. The number of ketones is 2. The minimum absolute atomic E-state index is 0.0243. The first kappa shape index (κ1) is 6.27. The van der Waals surface area contributed by atoms with E-state index >= 15 is 0 Å². The molecule has 1 saturated heterocycles. The number of nitrogens with one attached hydrogen (secondary N) is 1. The van der Waals surface area contributed by atoms with E-state index in [4.69, 9.17) is 0 Å². The van der Waals surface area contributed by atoms with E-state index in [0.29, 0.717) is 11.4 Å². The molecule has 0 radical (unpaired) electrons. The topological polar surface area (TPSA) is 58.5 Å². The molecule has 0 spiro atoms. The first-order valence-corrected chi connectivity index (χ1v) is 3.34. The Labute approximate surface area is 63.0 Å². The summed E-state index contributed by atoms with van der Waals surface area (Å²) in [5, 5.41) is 2.80. The highest BCUT2D eigenvalue weighted by molar-refractivity contribution is 6.50. The molecule has 56 valence electrons. The molecule has 2 aliphatic heterocycles. The number of hydrogen-bond acceptors (Lipinski definition) is 4. The van der Waals surface area contributed by atoms with Gasteiger partial charge in [0.2, 0.25) is 5.78 Å². The fraction of sp³-hybridized carbons (Fsp3) is 0.286. The zero-order chi connectivity index (χ0) is 7.84. The van der Waals surface area contributed by atoms with Gasteiger partial charge in [0.1, 0.15) is 12.3 Å². The number of fused-ring (bicyclic) bond motifs is 1. The molecule has 0 aliphatic carbocycles. The van der Waals surface area contributed by atoms with Crippen molar-refractivity contribution < 1.29 is 9.59 Å². The van der Waals surface area contributed by atoms with Gasteiger partial charge in [-0.2, -0.15) is 0 Å². The van der Waals surface area contributed by atoms with Crippen LogP contribution < -0.4 is 5.32 Å². The molecule has 1 N–H and O–H groups in total. The standard InChI is InChI=1S/C7H6N2O2/c10-4-1-5-7(9-2-4)6(11)3-8-5/h1,8H,2-3H2. The van der Waals surface area contributed by atoms with Gasteiger partial charge in [-0.3, -0.25) is 14.6 Å². The summed E-state index contributed by atoms with van der Waals surface area (Å²) in [5.41, 5.74) is 1.02. The molecule has 0 saturated carbocycles. The molecule has 0 atom stereocenters. The molecule has 0 aromatic carbocycles. The highest BCUT2D eigenvalue weighted by Gasteiger charge is 2.26. The van der Waals surface area contributed by atoms with Crippen molar-refractivity contribution in [3.8, 4) is 0 Å². The van der Waals surface area contributed by atoms with E-state index in [-0.39, 0.29) is 24.7 Å². The van der Waals surface area contributed by atoms with Crippen molar-refractivity contribution in [2.24, 2.45) is 4.99 Å². The fourth-order valence-corrected chi connectivity index (χ4v) is 1.15. The van der Waals surface area contributed by atoms with Crippen LogP contribution in [0.5, 0.6) is 0 Å². The quantitative estimate of drug-likeness (QED) is 0.485. The van der Waals surface area contributed by atoms with Crippen molar-refractivity contribution in [1.82, 2.24) is 5.32 Å². The van der Waals surface area contributed by atoms with Gasteiger partial charge in [-0.1, -0.05) is 0 Å². The first-order chi connectivity index (χ1) is 5.27. The summed E-state index contributed by atoms with van der Waals surface area (Å²) in [7, 11) is 0. The van der Waals surface area contributed by atoms with Gasteiger partial charge in [-0.15, -0.1) is 0 Å². The lowest BCUT2D eigenvalue weighted by Gasteiger charge is -2.02. The van der Waals surface area contributed by atoms with E-state index in [9.17, 15) is 9.59 Å². The summed E-state index contributed by atoms with van der Waals surface area (Å²) < 4.78 is 0. The summed E-state index contributed by atoms with van der Waals surface area (Å²) in [6.07, 6.45) is 1.44. The van der Waals surface area contributed by atoms with Crippen LogP contribution in [0.25, 0.3) is 0 Å². The molecular formula is C7H6N2O2. The smallest absolute Gasteiger partial charge is 0.201 e. The van der Waals surface area contributed by atoms with E-state index in [0.717, 1.165) is 0 Å². The molecule has 0 aromatic rings. The molecule has 4 nitrogen and oxygen atoms in total. The van der Waals surface area contributed by atoms with Crippen molar-refractivity contribution in [2.75, 3.05) is 13.1 Å². The van der Waals surface area contributed by atoms with E-state index in [1.807, 2.05) is 0 Å². The largest absolute Gasteiger partial charge is 0.376 e. The number of nitrogens with zero attached hydrogens (tertiary/aromatic N) is 1. The molecule has 2 heterocycles. The molecule has 0 aromatic heterocycles. The van der Waals surface area contributed by atoms with Crippen LogP contribution in [0.15, 0.2) is 16.8 Å². The zero-order valence-electron chi connectivity index (χ0n) is 5.76. The Balaban J connectivity index is 2.42. The number of hydrogen-bond donors (Lipinski definition) is 1. The summed E-state index contributed by atoms with van der Waals surface area (Å²) in [5.74, 6) is -0.0744. The van der Waals surface area contributed by atoms with E-state index in [1.54, 1.807) is 0 Å². The number of carbonyl (C=O) groups is 2. The lowest BCUT2D eigenvalue weighted by molar-refractivity contribution is -0.113. The van der Waals surface area contributed by atoms with E-state index in [1.165, 1.54) is 6.08 Å². The van der Waals surface area contributed by atoms with Crippen LogP contribution in [0.4, 0.5) is 0 Å². The third-order valence-electron chi connectivity index (χ3n) is 1.66. The Morgan fingerprint density at radius 1 is 1.45 bits per heavy atom. The average molecular weight is 150 g/mol. The van der Waals surface area contributed by atoms with Crippen LogP contribution in [0.1, 0.15) is 0 Å². The molecule has 0 unspecified atom stereocenters. The number of rotatable bonds is 0. The Morgan fingerprint density at radius 2 is 2.27 bits per heavy atom. The van der Waals surface area contributed by atoms with Gasteiger partial charge >= 0.3 is 0 Å². The molecule has 0 amide bonds. The van der Waals surface area contributed by atoms with Gasteiger partial charge in [-0.05, 0) is 0 Å². The van der Waals surface area contributed by atoms with Crippen molar-refractivity contribution in [1.29, 1.82) is 0 Å². The first-order valence-electron chi connectivity index (χ1n) is 3.34. The highest BCUT2D eigenvalue weighted by Crippen LogP contribution is 2.08. The van der Waals surface area contributed by atoms with Gasteiger partial charge in [0.05, 0.1) is 12.2 Å². The lowest BCUT2D eigenvalue weighted by atomic mass is 10.1. The molecule has 11 heavy (non-hydrogen) atoms. The second-order valence-electron chi connectivity index (χ2n) is 2.47. The SMILES string of the molecule is O=C1C=C2NCC(=O)C2=NC1. The zero-order valence-corrected chi connectivity index (χ0v) is 5.76. The maximum atomic E-state index is 11.0. The van der Waals surface area contributed by atoms with Gasteiger partial charge in [0.15, 0.2) is 5.78 Å². The number of allylic oxidation sites excluding steroid dienone is 1. The molecule has 2 rings (SSSR count). The van der Waals surface area contributed by atoms with Crippen LogP contribution >= 0.6 is 0 Å². The normalized spacial score (nSPS) is 22.2. The van der Waals surface area contributed by atoms with Crippen molar-refractivity contribution in [3.05, 3.63) is 11.8 Å². The number of Topliss-reactive ketones (excluding diaryl/α,β-unsaturated/α-hetero) is 1. The summed E-state index contributed by atoms with van der Waals surface area (Å²) in [6, 6.07) is 0. The lowest BCUT2D eigenvalue weighted by Crippen LogP contribution is -2.17. The van der Waals surface area contributed by atoms with Crippen molar-refractivity contribution in [3.63, 3.8) is 0 Å². The average Bonchev–Trinajstić information content (AvgIpc) is 2.32. The third kappa shape index (κ3) is 0.869. The van der Waals surface area contributed by atoms with Gasteiger partial charge in [0, 0.05) is 6.08 Å². The van der Waals surface area contributed by atoms with Crippen LogP contribution in [0, 0.1) is 0 Å². The second-order valence-corrected chi connectivity index (χ2v) is 2.47. The Morgan fingerprint density at radius 3 is 3.09 bits per heavy atom. The maximum absolute atomic E-state index is 11.0. The molecule has 1 fully saturated rings. The molecular weight excluding hydrogens is 144 g/mol. The minimum atomic E-state index is -0.0500. The number of dihydropyridines is 1. The van der Waals surface area contributed by atoms with Crippen molar-refractivity contribution in [2.45, 2.75) is 0 Å². The monoisotopic (exact) mass is 150 g/mol.